The van der Waals surface area contributed by atoms with Gasteiger partial charge in [0.2, 0.25) is 5.91 Å². The Hall–Kier alpha value is -2.38. The van der Waals surface area contributed by atoms with Gasteiger partial charge in [-0.05, 0) is 81.7 Å². The second-order valence-electron chi connectivity index (χ2n) is 15.4. The van der Waals surface area contributed by atoms with Gasteiger partial charge in [-0.2, -0.15) is 67.5 Å². The molecule has 5 atom stereocenters. The Bertz CT molecular complexity index is 2010. The maximum absolute atomic E-state index is 14.1. The van der Waals surface area contributed by atoms with Gasteiger partial charge in [-0.15, -0.1) is 11.3 Å². The molecule has 2 aliphatic heterocycles. The van der Waals surface area contributed by atoms with Crippen molar-refractivity contribution in [2.45, 2.75) is 97.9 Å². The molecule has 1 saturated heterocycles. The van der Waals surface area contributed by atoms with Crippen molar-refractivity contribution in [3.8, 4) is 22.5 Å². The van der Waals surface area contributed by atoms with Gasteiger partial charge < -0.3 is 19.4 Å². The Kier molecular flexibility index (Phi) is 18.9. The molecule has 316 valence electrons. The molecule has 5 heterocycles. The van der Waals surface area contributed by atoms with Crippen LogP contribution in [-0.4, -0.2) is 69.7 Å². The van der Waals surface area contributed by atoms with Gasteiger partial charge in [0.1, 0.15) is 12.1 Å². The maximum atomic E-state index is 14.1. The second-order valence-corrected chi connectivity index (χ2v) is 16.4. The van der Waals surface area contributed by atoms with Crippen molar-refractivity contribution >= 4 is 108 Å². The number of cyclic esters (lactones) is 1. The normalized spacial score (nSPS) is 22.0. The van der Waals surface area contributed by atoms with E-state index in [0.29, 0.717) is 25.8 Å². The first kappa shape index (κ1) is 50.8. The van der Waals surface area contributed by atoms with Crippen molar-refractivity contribution in [3.63, 3.8) is 0 Å². The summed E-state index contributed by atoms with van der Waals surface area (Å²) < 4.78 is 14.2. The molecular weight excluding hydrogens is 837 g/mol. The summed E-state index contributed by atoms with van der Waals surface area (Å²) in [5.74, 6) is -0.574. The van der Waals surface area contributed by atoms with Crippen molar-refractivity contribution < 1.29 is 23.9 Å². The highest BCUT2D eigenvalue weighted by Gasteiger charge is 2.38. The number of benzene rings is 1. The van der Waals surface area contributed by atoms with Gasteiger partial charge in [-0.25, -0.2) is 10.4 Å². The summed E-state index contributed by atoms with van der Waals surface area (Å²) in [6.45, 7) is 11.8. The summed E-state index contributed by atoms with van der Waals surface area (Å²) in [5.41, 5.74) is 9.70. The third kappa shape index (κ3) is 10.5. The van der Waals surface area contributed by atoms with Crippen LogP contribution in [0.4, 0.5) is 0 Å². The molecule has 17 heteroatoms. The Morgan fingerprint density at radius 3 is 2.54 bits per heavy atom. The average molecular weight is 897 g/mol. The molecular formula is C40H60N6O5S6. The van der Waals surface area contributed by atoms with Gasteiger partial charge in [0.15, 0.2) is 0 Å². The van der Waals surface area contributed by atoms with Crippen molar-refractivity contribution in [1.29, 1.82) is 0 Å². The van der Waals surface area contributed by atoms with Crippen LogP contribution < -0.4 is 10.7 Å². The maximum Gasteiger partial charge on any atom is 0.324 e. The molecule has 1 saturated carbocycles. The lowest BCUT2D eigenvalue weighted by atomic mass is 9.74. The Labute approximate surface area is 375 Å². The SMILES string of the molecule is CCn1c(-c2cccnc2[C@H](C)OC)c2c3cc(ccc31)-c1csc(n1)C[C@H](NC(=O)[C@H]1CC[C@@H]1C)C(=O)N1CCC[C@H](N1)C(=O)OCC(C)(C)C2.S.S.S.S.S. The van der Waals surface area contributed by atoms with Crippen LogP contribution in [0.1, 0.15) is 82.7 Å². The van der Waals surface area contributed by atoms with Crippen LogP contribution in [-0.2, 0) is 43.2 Å². The topological polar surface area (TPSA) is 128 Å². The molecule has 2 N–H and O–H groups in total. The van der Waals surface area contributed by atoms with Crippen LogP contribution in [0.2, 0.25) is 0 Å². The first-order valence-electron chi connectivity index (χ1n) is 18.6. The number of pyridine rings is 1. The molecule has 11 nitrogen and oxygen atoms in total. The van der Waals surface area contributed by atoms with Crippen LogP contribution in [0.25, 0.3) is 33.4 Å². The number of hydrogen-bond acceptors (Lipinski definition) is 9. The van der Waals surface area contributed by atoms with E-state index >= 15 is 0 Å². The van der Waals surface area contributed by atoms with E-state index in [2.05, 4.69) is 67.3 Å². The lowest BCUT2D eigenvalue weighted by Gasteiger charge is -2.37. The quantitative estimate of drug-likeness (QED) is 0.202. The number of methoxy groups -OCH3 is 1. The van der Waals surface area contributed by atoms with Gasteiger partial charge >= 0.3 is 5.97 Å². The number of thiazole rings is 1. The number of amides is 2. The molecule has 57 heavy (non-hydrogen) atoms. The fraction of sp³-hybridized carbons (Fsp3) is 0.525. The predicted molar refractivity (Wildman–Crippen MR) is 253 cm³/mol. The van der Waals surface area contributed by atoms with E-state index in [1.807, 2.05) is 18.4 Å². The van der Waals surface area contributed by atoms with E-state index in [9.17, 15) is 14.4 Å². The minimum Gasteiger partial charge on any atom is -0.464 e. The van der Waals surface area contributed by atoms with E-state index in [0.717, 1.165) is 69.1 Å². The number of aromatic nitrogens is 3. The van der Waals surface area contributed by atoms with E-state index in [4.69, 9.17) is 19.4 Å². The summed E-state index contributed by atoms with van der Waals surface area (Å²) in [4.78, 5) is 50.9. The second kappa shape index (κ2) is 21.2. The highest BCUT2D eigenvalue weighted by Crippen LogP contribution is 2.42. The lowest BCUT2D eigenvalue weighted by Crippen LogP contribution is -2.61. The molecule has 3 aromatic heterocycles. The van der Waals surface area contributed by atoms with Gasteiger partial charge in [0.25, 0.3) is 5.91 Å². The Morgan fingerprint density at radius 1 is 1.12 bits per heavy atom. The summed E-state index contributed by atoms with van der Waals surface area (Å²) >= 11 is 1.49. The zero-order chi connectivity index (χ0) is 36.7. The third-order valence-electron chi connectivity index (χ3n) is 11.1. The largest absolute Gasteiger partial charge is 0.464 e. The molecule has 2 fully saturated rings. The molecule has 0 spiro atoms. The van der Waals surface area contributed by atoms with Crippen LogP contribution in [0, 0.1) is 17.3 Å². The zero-order valence-corrected chi connectivity index (χ0v) is 39.3. The number of nitrogens with zero attached hydrogens (tertiary/aromatic N) is 4. The molecule has 7 rings (SSSR count). The van der Waals surface area contributed by atoms with Crippen molar-refractivity contribution in [2.24, 2.45) is 17.3 Å². The third-order valence-corrected chi connectivity index (χ3v) is 12.0. The van der Waals surface area contributed by atoms with E-state index in [1.165, 1.54) is 16.3 Å². The Balaban J connectivity index is 0.00000224. The molecule has 6 bridgehead atoms. The molecule has 1 aromatic carbocycles. The molecule has 0 unspecified atom stereocenters. The van der Waals surface area contributed by atoms with Crippen LogP contribution in [0.5, 0.6) is 0 Å². The number of carbonyl (C=O) groups excluding carboxylic acids is 3. The number of carbonyl (C=O) groups is 3. The number of hydrazine groups is 1. The Morgan fingerprint density at radius 2 is 1.88 bits per heavy atom. The number of hydrogen-bond donors (Lipinski definition) is 2. The number of nitrogens with one attached hydrogen (secondary N) is 2. The molecule has 1 aliphatic carbocycles. The van der Waals surface area contributed by atoms with Gasteiger partial charge in [-0.1, -0.05) is 26.8 Å². The van der Waals surface area contributed by atoms with E-state index < -0.39 is 17.5 Å². The monoisotopic (exact) mass is 896 g/mol. The first-order chi connectivity index (χ1) is 25.0. The predicted octanol–water partition coefficient (Wildman–Crippen LogP) is 6.81. The standard InChI is InChI=1S/C40H50N6O5S.5H2S/c1-7-45-33-15-13-25-18-28(33)29(36(45)27-10-8-16-41-35(27)24(3)50-6)20-40(4,5)22-51-39(49)30-11-9-17-46(44-30)38(48)31(19-34-42-32(25)21-52-34)43-37(47)26-14-12-23(26)2;;;;;/h8,10,13,15-16,18,21,23-24,26,30-31,44H,7,9,11-12,14,17,19-20,22H2,1-6H3,(H,43,47);5*1H2/t23-,24-,26-,30-,31-;;;;;/m0...../s1. The number of aryl methyl sites for hydroxylation is 1. The van der Waals surface area contributed by atoms with Gasteiger partial charge in [-0.3, -0.25) is 24.4 Å². The highest BCUT2D eigenvalue weighted by atomic mass is 32.1. The van der Waals surface area contributed by atoms with Crippen LogP contribution in [0.3, 0.4) is 0 Å². The van der Waals surface area contributed by atoms with Crippen molar-refractivity contribution in [1.82, 2.24) is 30.3 Å². The highest BCUT2D eigenvalue weighted by molar-refractivity contribution is 7.60. The van der Waals surface area contributed by atoms with E-state index in [1.54, 1.807) is 13.3 Å². The number of esters is 1. The van der Waals surface area contributed by atoms with E-state index in [-0.39, 0.29) is 116 Å². The first-order valence-corrected chi connectivity index (χ1v) is 19.5. The van der Waals surface area contributed by atoms with Gasteiger partial charge in [0, 0.05) is 71.6 Å². The minimum absolute atomic E-state index is 0. The summed E-state index contributed by atoms with van der Waals surface area (Å²) in [7, 11) is 1.70. The number of fused-ring (bicyclic) bond motifs is 6. The molecule has 2 amide bonds. The van der Waals surface area contributed by atoms with Crippen LogP contribution >= 0.6 is 78.8 Å². The van der Waals surface area contributed by atoms with Gasteiger partial charge in [0.05, 0.1) is 34.8 Å². The number of rotatable bonds is 6. The van der Waals surface area contributed by atoms with Crippen LogP contribution in [0.15, 0.2) is 41.9 Å². The number of ether oxygens (including phenoxy) is 2. The summed E-state index contributed by atoms with van der Waals surface area (Å²) in [6, 6.07) is 9.07. The van der Waals surface area contributed by atoms with Crippen molar-refractivity contribution in [2.75, 3.05) is 20.3 Å². The minimum atomic E-state index is -0.821. The zero-order valence-electron chi connectivity index (χ0n) is 33.5. The lowest BCUT2D eigenvalue weighted by molar-refractivity contribution is -0.155. The molecule has 0 radical (unpaired) electrons. The average Bonchev–Trinajstić information content (AvgIpc) is 3.73. The summed E-state index contributed by atoms with van der Waals surface area (Å²) in [6.07, 6.45) is 5.48. The fourth-order valence-electron chi connectivity index (χ4n) is 7.90. The molecule has 4 aromatic rings. The molecule has 3 aliphatic rings. The fourth-order valence-corrected chi connectivity index (χ4v) is 8.75. The summed E-state index contributed by atoms with van der Waals surface area (Å²) in [5, 5.41) is 8.46. The smallest absolute Gasteiger partial charge is 0.324 e. The van der Waals surface area contributed by atoms with Crippen molar-refractivity contribution in [3.05, 3.63) is 58.2 Å².